The zero-order chi connectivity index (χ0) is 15.5. The molecule has 1 fully saturated rings. The van der Waals surface area contributed by atoms with E-state index in [1.165, 1.54) is 0 Å². The minimum Gasteiger partial charge on any atom is -0.381 e. The lowest BCUT2D eigenvalue weighted by atomic mass is 10.1. The Morgan fingerprint density at radius 2 is 2.24 bits per heavy atom. The topological polar surface area (TPSA) is 99.2 Å². The van der Waals surface area contributed by atoms with Crippen LogP contribution in [0.15, 0.2) is 4.90 Å². The summed E-state index contributed by atoms with van der Waals surface area (Å²) < 4.78 is 34.5. The smallest absolute Gasteiger partial charge is 0.244 e. The second-order valence-corrected chi connectivity index (χ2v) is 7.13. The average molecular weight is 316 g/mol. The minimum atomic E-state index is -3.53. The summed E-state index contributed by atoms with van der Waals surface area (Å²) in [6.07, 6.45) is 1.81. The quantitative estimate of drug-likeness (QED) is 0.747. The van der Waals surface area contributed by atoms with Gasteiger partial charge in [-0.15, -0.1) is 0 Å². The summed E-state index contributed by atoms with van der Waals surface area (Å²) in [5.41, 5.74) is 6.66. The SMILES string of the molecule is Cc1nn(CCN)c(C)c1S(=O)(=O)NCCC1CCOC1. The molecule has 7 nitrogen and oxygen atoms in total. The normalized spacial score (nSPS) is 19.3. The van der Waals surface area contributed by atoms with Gasteiger partial charge in [-0.05, 0) is 32.6 Å². The third kappa shape index (κ3) is 3.82. The molecule has 0 aliphatic carbocycles. The third-order valence-corrected chi connectivity index (χ3v) is 5.51. The first-order chi connectivity index (χ1) is 9.95. The van der Waals surface area contributed by atoms with Crippen LogP contribution in [-0.4, -0.2) is 44.5 Å². The number of nitrogens with zero attached hydrogens (tertiary/aromatic N) is 2. The molecule has 2 rings (SSSR count). The van der Waals surface area contributed by atoms with Crippen LogP contribution < -0.4 is 10.5 Å². The summed E-state index contributed by atoms with van der Waals surface area (Å²) in [6, 6.07) is 0. The molecule has 0 aromatic carbocycles. The zero-order valence-electron chi connectivity index (χ0n) is 12.6. The van der Waals surface area contributed by atoms with Crippen molar-refractivity contribution in [2.75, 3.05) is 26.3 Å². The number of sulfonamides is 1. The fourth-order valence-electron chi connectivity index (χ4n) is 2.69. The van der Waals surface area contributed by atoms with Gasteiger partial charge < -0.3 is 10.5 Å². The van der Waals surface area contributed by atoms with E-state index in [-0.39, 0.29) is 4.90 Å². The van der Waals surface area contributed by atoms with Gasteiger partial charge in [-0.2, -0.15) is 5.10 Å². The zero-order valence-corrected chi connectivity index (χ0v) is 13.4. The van der Waals surface area contributed by atoms with Gasteiger partial charge in [0.1, 0.15) is 4.90 Å². The number of rotatable bonds is 7. The lowest BCUT2D eigenvalue weighted by Crippen LogP contribution is -2.27. The van der Waals surface area contributed by atoms with Gasteiger partial charge in [0.05, 0.1) is 17.9 Å². The van der Waals surface area contributed by atoms with Crippen molar-refractivity contribution in [3.8, 4) is 0 Å². The molecule has 0 saturated carbocycles. The Kier molecular flexibility index (Phi) is 5.37. The minimum absolute atomic E-state index is 0.277. The molecule has 1 atom stereocenters. The number of nitrogens with one attached hydrogen (secondary N) is 1. The van der Waals surface area contributed by atoms with E-state index >= 15 is 0 Å². The maximum atomic E-state index is 12.4. The first kappa shape index (κ1) is 16.4. The molecule has 2 heterocycles. The van der Waals surface area contributed by atoms with E-state index in [2.05, 4.69) is 9.82 Å². The number of aromatic nitrogens is 2. The highest BCUT2D eigenvalue weighted by molar-refractivity contribution is 7.89. The molecule has 0 radical (unpaired) electrons. The fraction of sp³-hybridized carbons (Fsp3) is 0.769. The largest absolute Gasteiger partial charge is 0.381 e. The maximum absolute atomic E-state index is 12.4. The monoisotopic (exact) mass is 316 g/mol. The van der Waals surface area contributed by atoms with Crippen molar-refractivity contribution < 1.29 is 13.2 Å². The summed E-state index contributed by atoms with van der Waals surface area (Å²) >= 11 is 0. The second kappa shape index (κ2) is 6.87. The molecule has 8 heteroatoms. The molecule has 3 N–H and O–H groups in total. The van der Waals surface area contributed by atoms with E-state index in [0.717, 1.165) is 26.1 Å². The van der Waals surface area contributed by atoms with Crippen LogP contribution in [0.2, 0.25) is 0 Å². The van der Waals surface area contributed by atoms with E-state index in [1.807, 2.05) is 0 Å². The molecule has 1 aromatic heterocycles. The molecule has 1 saturated heterocycles. The summed E-state index contributed by atoms with van der Waals surface area (Å²) in [7, 11) is -3.53. The van der Waals surface area contributed by atoms with Gasteiger partial charge in [0, 0.05) is 26.3 Å². The molecule has 1 aliphatic rings. The van der Waals surface area contributed by atoms with Crippen LogP contribution in [0.1, 0.15) is 24.2 Å². The Hall–Kier alpha value is -0.960. The van der Waals surface area contributed by atoms with Crippen LogP contribution >= 0.6 is 0 Å². The number of hydrogen-bond acceptors (Lipinski definition) is 5. The van der Waals surface area contributed by atoms with E-state index < -0.39 is 10.0 Å². The van der Waals surface area contributed by atoms with Crippen molar-refractivity contribution >= 4 is 10.0 Å². The molecule has 21 heavy (non-hydrogen) atoms. The second-order valence-electron chi connectivity index (χ2n) is 5.43. The van der Waals surface area contributed by atoms with Crippen LogP contribution in [0.25, 0.3) is 0 Å². The van der Waals surface area contributed by atoms with Gasteiger partial charge in [-0.1, -0.05) is 0 Å². The van der Waals surface area contributed by atoms with Gasteiger partial charge in [0.25, 0.3) is 0 Å². The third-order valence-electron chi connectivity index (χ3n) is 3.79. The van der Waals surface area contributed by atoms with Crippen molar-refractivity contribution in [1.29, 1.82) is 0 Å². The standard InChI is InChI=1S/C13H24N4O3S/c1-10-13(11(2)17(16-10)7-5-14)21(18,19)15-6-3-12-4-8-20-9-12/h12,15H,3-9,14H2,1-2H3. The van der Waals surface area contributed by atoms with Crippen molar-refractivity contribution in [3.05, 3.63) is 11.4 Å². The van der Waals surface area contributed by atoms with Crippen LogP contribution in [0.5, 0.6) is 0 Å². The Balaban J connectivity index is 2.04. The highest BCUT2D eigenvalue weighted by Crippen LogP contribution is 2.20. The van der Waals surface area contributed by atoms with Crippen LogP contribution in [0.4, 0.5) is 0 Å². The van der Waals surface area contributed by atoms with Gasteiger partial charge in [0.15, 0.2) is 0 Å². The highest BCUT2D eigenvalue weighted by atomic mass is 32.2. The van der Waals surface area contributed by atoms with Crippen LogP contribution in [0.3, 0.4) is 0 Å². The lowest BCUT2D eigenvalue weighted by molar-refractivity contribution is 0.184. The molecule has 0 spiro atoms. The Labute approximate surface area is 125 Å². The summed E-state index contributed by atoms with van der Waals surface area (Å²) in [5, 5.41) is 4.25. The number of hydrogen-bond donors (Lipinski definition) is 2. The molecule has 0 bridgehead atoms. The molecule has 1 unspecified atom stereocenters. The fourth-order valence-corrected chi connectivity index (χ4v) is 4.14. The van der Waals surface area contributed by atoms with E-state index in [4.69, 9.17) is 10.5 Å². The first-order valence-corrected chi connectivity index (χ1v) is 8.75. The molecule has 120 valence electrons. The highest BCUT2D eigenvalue weighted by Gasteiger charge is 2.24. The van der Waals surface area contributed by atoms with Crippen LogP contribution in [0, 0.1) is 19.8 Å². The molecule has 1 aliphatic heterocycles. The number of nitrogens with two attached hydrogens (primary N) is 1. The lowest BCUT2D eigenvalue weighted by Gasteiger charge is -2.10. The average Bonchev–Trinajstić information content (AvgIpc) is 2.99. The predicted octanol–water partition coefficient (Wildman–Crippen LogP) is 0.164. The molecule has 1 aromatic rings. The van der Waals surface area contributed by atoms with Crippen molar-refractivity contribution in [2.24, 2.45) is 11.7 Å². The molecular formula is C13H24N4O3S. The maximum Gasteiger partial charge on any atom is 0.244 e. The van der Waals surface area contributed by atoms with E-state index in [0.29, 0.717) is 36.9 Å². The van der Waals surface area contributed by atoms with E-state index in [9.17, 15) is 8.42 Å². The van der Waals surface area contributed by atoms with Crippen molar-refractivity contribution in [2.45, 2.75) is 38.1 Å². The summed E-state index contributed by atoms with van der Waals surface area (Å²) in [6.45, 7) is 6.35. The summed E-state index contributed by atoms with van der Waals surface area (Å²) in [4.78, 5) is 0.277. The molecular weight excluding hydrogens is 292 g/mol. The number of ether oxygens (including phenoxy) is 1. The Bertz CT molecular complexity index is 576. The van der Waals surface area contributed by atoms with Crippen molar-refractivity contribution in [3.63, 3.8) is 0 Å². The van der Waals surface area contributed by atoms with Gasteiger partial charge in [0.2, 0.25) is 10.0 Å². The summed E-state index contributed by atoms with van der Waals surface area (Å²) in [5.74, 6) is 0.454. The first-order valence-electron chi connectivity index (χ1n) is 7.27. The Morgan fingerprint density at radius 3 is 2.86 bits per heavy atom. The van der Waals surface area contributed by atoms with Gasteiger partial charge in [-0.3, -0.25) is 4.68 Å². The number of aryl methyl sites for hydroxylation is 1. The van der Waals surface area contributed by atoms with Crippen molar-refractivity contribution in [1.82, 2.24) is 14.5 Å². The van der Waals surface area contributed by atoms with Gasteiger partial charge >= 0.3 is 0 Å². The Morgan fingerprint density at radius 1 is 1.48 bits per heavy atom. The molecule has 0 amide bonds. The van der Waals surface area contributed by atoms with Crippen LogP contribution in [-0.2, 0) is 21.3 Å². The predicted molar refractivity (Wildman–Crippen MR) is 79.5 cm³/mol. The van der Waals surface area contributed by atoms with Gasteiger partial charge in [-0.25, -0.2) is 13.1 Å². The van der Waals surface area contributed by atoms with E-state index in [1.54, 1.807) is 18.5 Å².